The fraction of sp³-hybridized carbons (Fsp3) is 0.579. The molecular weight excluding hydrogens is 334 g/mol. The van der Waals surface area contributed by atoms with Crippen molar-refractivity contribution in [3.05, 3.63) is 18.2 Å². The van der Waals surface area contributed by atoms with Crippen LogP contribution in [0.25, 0.3) is 0 Å². The van der Waals surface area contributed by atoms with Gasteiger partial charge in [0.25, 0.3) is 0 Å². The highest BCUT2D eigenvalue weighted by atomic mass is 16.5. The van der Waals surface area contributed by atoms with E-state index in [4.69, 9.17) is 9.47 Å². The van der Waals surface area contributed by atoms with E-state index >= 15 is 0 Å². The van der Waals surface area contributed by atoms with Crippen LogP contribution in [0.2, 0.25) is 0 Å². The minimum absolute atomic E-state index is 0.00222. The van der Waals surface area contributed by atoms with Crippen LogP contribution in [0.1, 0.15) is 26.7 Å². The third-order valence-corrected chi connectivity index (χ3v) is 5.03. The Balaban J connectivity index is 1.75. The second-order valence-electron chi connectivity index (χ2n) is 7.46. The van der Waals surface area contributed by atoms with Gasteiger partial charge in [-0.3, -0.25) is 9.59 Å². The number of carbonyl (C=O) groups excluding carboxylic acids is 2. The summed E-state index contributed by atoms with van der Waals surface area (Å²) in [7, 11) is 3.25. The van der Waals surface area contributed by atoms with Crippen LogP contribution in [0.3, 0.4) is 0 Å². The van der Waals surface area contributed by atoms with Gasteiger partial charge < -0.3 is 24.6 Å². The summed E-state index contributed by atoms with van der Waals surface area (Å²) >= 11 is 0. The summed E-state index contributed by atoms with van der Waals surface area (Å²) in [6.07, 6.45) is 0.960. The number of hydrogen-bond acceptors (Lipinski definition) is 5. The summed E-state index contributed by atoms with van der Waals surface area (Å²) in [5, 5.41) is 2.90. The third-order valence-electron chi connectivity index (χ3n) is 5.03. The molecule has 2 aliphatic heterocycles. The number of benzene rings is 1. The summed E-state index contributed by atoms with van der Waals surface area (Å²) < 4.78 is 11.3. The van der Waals surface area contributed by atoms with Gasteiger partial charge in [-0.2, -0.15) is 0 Å². The Hall–Kier alpha value is -2.28. The SMILES string of the molecule is COc1cc(N2CCOC(C)(C)C2)ccc1NC(=O)[C@@H]1CCC(=O)N1C. The predicted molar refractivity (Wildman–Crippen MR) is 99.7 cm³/mol. The smallest absolute Gasteiger partial charge is 0.247 e. The molecule has 0 spiro atoms. The maximum atomic E-state index is 12.5. The van der Waals surface area contributed by atoms with Crippen molar-refractivity contribution < 1.29 is 19.1 Å². The Kier molecular flexibility index (Phi) is 5.09. The highest BCUT2D eigenvalue weighted by Gasteiger charge is 2.33. The van der Waals surface area contributed by atoms with Crippen molar-refractivity contribution in [2.45, 2.75) is 38.3 Å². The Morgan fingerprint density at radius 1 is 1.38 bits per heavy atom. The van der Waals surface area contributed by atoms with E-state index in [0.29, 0.717) is 30.9 Å². The normalized spacial score (nSPS) is 22.5. The number of nitrogens with zero attached hydrogens (tertiary/aromatic N) is 2. The molecule has 26 heavy (non-hydrogen) atoms. The van der Waals surface area contributed by atoms with Crippen molar-refractivity contribution in [2.75, 3.05) is 44.1 Å². The number of anilines is 2. The molecule has 2 amide bonds. The summed E-state index contributed by atoms with van der Waals surface area (Å²) in [5.74, 6) is 0.423. The van der Waals surface area contributed by atoms with Crippen LogP contribution < -0.4 is 15.0 Å². The first-order valence-electron chi connectivity index (χ1n) is 8.94. The van der Waals surface area contributed by atoms with Gasteiger partial charge in [0.15, 0.2) is 0 Å². The van der Waals surface area contributed by atoms with E-state index in [1.165, 1.54) is 4.90 Å². The first kappa shape index (κ1) is 18.5. The van der Waals surface area contributed by atoms with E-state index in [2.05, 4.69) is 24.1 Å². The van der Waals surface area contributed by atoms with E-state index in [1.54, 1.807) is 14.2 Å². The molecule has 1 aromatic rings. The average Bonchev–Trinajstić information content (AvgIpc) is 2.93. The van der Waals surface area contributed by atoms with Crippen molar-refractivity contribution in [3.63, 3.8) is 0 Å². The van der Waals surface area contributed by atoms with E-state index < -0.39 is 6.04 Å². The molecule has 2 fully saturated rings. The first-order valence-corrected chi connectivity index (χ1v) is 8.94. The average molecular weight is 361 g/mol. The fourth-order valence-electron chi connectivity index (χ4n) is 3.54. The number of likely N-dealkylation sites (N-methyl/N-ethyl adjacent to an activating group) is 1. The summed E-state index contributed by atoms with van der Waals surface area (Å²) in [5.41, 5.74) is 1.45. The number of morpholine rings is 1. The largest absolute Gasteiger partial charge is 0.494 e. The molecule has 0 radical (unpaired) electrons. The van der Waals surface area contributed by atoms with E-state index in [1.807, 2.05) is 18.2 Å². The minimum atomic E-state index is -0.424. The zero-order chi connectivity index (χ0) is 18.9. The van der Waals surface area contributed by atoms with Crippen LogP contribution in [0.15, 0.2) is 18.2 Å². The van der Waals surface area contributed by atoms with Gasteiger partial charge in [-0.25, -0.2) is 0 Å². The molecule has 0 bridgehead atoms. The Bertz CT molecular complexity index is 704. The third kappa shape index (κ3) is 3.77. The molecule has 2 heterocycles. The lowest BCUT2D eigenvalue weighted by molar-refractivity contribution is -0.131. The number of amides is 2. The number of likely N-dealkylation sites (tertiary alicyclic amines) is 1. The van der Waals surface area contributed by atoms with Crippen LogP contribution in [-0.4, -0.2) is 62.2 Å². The number of hydrogen-bond donors (Lipinski definition) is 1. The molecule has 2 aliphatic rings. The molecule has 1 aromatic carbocycles. The van der Waals surface area contributed by atoms with Gasteiger partial charge in [0, 0.05) is 38.3 Å². The van der Waals surface area contributed by atoms with Gasteiger partial charge in [0.1, 0.15) is 11.8 Å². The Labute approximate surface area is 154 Å². The van der Waals surface area contributed by atoms with Crippen molar-refractivity contribution in [1.29, 1.82) is 0 Å². The van der Waals surface area contributed by atoms with Crippen molar-refractivity contribution in [3.8, 4) is 5.75 Å². The fourth-order valence-corrected chi connectivity index (χ4v) is 3.54. The highest BCUT2D eigenvalue weighted by molar-refractivity contribution is 6.00. The first-order chi connectivity index (χ1) is 12.3. The quantitative estimate of drug-likeness (QED) is 0.886. The maximum absolute atomic E-state index is 12.5. The van der Waals surface area contributed by atoms with Crippen molar-refractivity contribution >= 4 is 23.2 Å². The van der Waals surface area contributed by atoms with Gasteiger partial charge in [-0.1, -0.05) is 0 Å². The molecule has 7 nitrogen and oxygen atoms in total. The van der Waals surface area contributed by atoms with Crippen LogP contribution in [-0.2, 0) is 14.3 Å². The molecule has 0 aliphatic carbocycles. The summed E-state index contributed by atoms with van der Waals surface area (Å²) in [6, 6.07) is 5.33. The summed E-state index contributed by atoms with van der Waals surface area (Å²) in [4.78, 5) is 27.9. The Morgan fingerprint density at radius 3 is 2.77 bits per heavy atom. The van der Waals surface area contributed by atoms with Crippen molar-refractivity contribution in [1.82, 2.24) is 4.90 Å². The van der Waals surface area contributed by atoms with E-state index in [0.717, 1.165) is 18.8 Å². The summed E-state index contributed by atoms with van der Waals surface area (Å²) in [6.45, 7) is 6.43. The second kappa shape index (κ2) is 7.15. The molecule has 7 heteroatoms. The minimum Gasteiger partial charge on any atom is -0.494 e. The number of rotatable bonds is 4. The van der Waals surface area contributed by atoms with E-state index in [9.17, 15) is 9.59 Å². The van der Waals surface area contributed by atoms with Gasteiger partial charge in [0.05, 0.1) is 25.0 Å². The van der Waals surface area contributed by atoms with Crippen LogP contribution in [0, 0.1) is 0 Å². The van der Waals surface area contributed by atoms with Crippen LogP contribution in [0.5, 0.6) is 5.75 Å². The van der Waals surface area contributed by atoms with Gasteiger partial charge in [-0.15, -0.1) is 0 Å². The predicted octanol–water partition coefficient (Wildman–Crippen LogP) is 1.87. The molecule has 0 unspecified atom stereocenters. The molecule has 3 rings (SSSR count). The lowest BCUT2D eigenvalue weighted by Gasteiger charge is -2.39. The molecular formula is C19H27N3O4. The topological polar surface area (TPSA) is 71.1 Å². The number of methoxy groups -OCH3 is 1. The lowest BCUT2D eigenvalue weighted by Crippen LogP contribution is -2.48. The standard InChI is InChI=1S/C19H27N3O4/c1-19(2)12-22(9-10-26-19)13-5-6-14(16(11-13)25-4)20-18(24)15-7-8-17(23)21(15)3/h5-6,11,15H,7-10,12H2,1-4H3,(H,20,24)/t15-/m0/s1. The molecule has 0 aromatic heterocycles. The monoisotopic (exact) mass is 361 g/mol. The van der Waals surface area contributed by atoms with Gasteiger partial charge >= 0.3 is 0 Å². The number of ether oxygens (including phenoxy) is 2. The number of nitrogens with one attached hydrogen (secondary N) is 1. The van der Waals surface area contributed by atoms with Crippen molar-refractivity contribution in [2.24, 2.45) is 0 Å². The molecule has 2 saturated heterocycles. The second-order valence-corrected chi connectivity index (χ2v) is 7.46. The maximum Gasteiger partial charge on any atom is 0.247 e. The molecule has 142 valence electrons. The zero-order valence-electron chi connectivity index (χ0n) is 15.9. The number of carbonyl (C=O) groups is 2. The van der Waals surface area contributed by atoms with Crippen LogP contribution in [0.4, 0.5) is 11.4 Å². The zero-order valence-corrected chi connectivity index (χ0v) is 15.9. The van der Waals surface area contributed by atoms with Gasteiger partial charge in [-0.05, 0) is 32.4 Å². The molecule has 0 saturated carbocycles. The Morgan fingerprint density at radius 2 is 2.15 bits per heavy atom. The highest BCUT2D eigenvalue weighted by Crippen LogP contribution is 2.32. The molecule has 1 atom stereocenters. The molecule has 1 N–H and O–H groups in total. The lowest BCUT2D eigenvalue weighted by atomic mass is 10.1. The van der Waals surface area contributed by atoms with Gasteiger partial charge in [0.2, 0.25) is 11.8 Å². The van der Waals surface area contributed by atoms with Crippen LogP contribution >= 0.6 is 0 Å². The van der Waals surface area contributed by atoms with E-state index in [-0.39, 0.29) is 17.4 Å².